The smallest absolute Gasteiger partial charge is 0.550 e. The molecular formula is C8H10FeN2O8. The van der Waals surface area contributed by atoms with Crippen molar-refractivity contribution >= 4 is 23.9 Å². The number of carbonyl (C=O) groups excluding carboxylic acids is 4. The van der Waals surface area contributed by atoms with Crippen LogP contribution in [-0.2, 0) is 36.2 Å². The molecule has 11 heteroatoms. The molecule has 0 bridgehead atoms. The number of carboxylic acids is 4. The second-order valence-electron chi connectivity index (χ2n) is 3.00. The van der Waals surface area contributed by atoms with Crippen molar-refractivity contribution in [2.75, 3.05) is 0 Å². The van der Waals surface area contributed by atoms with Gasteiger partial charge in [0.15, 0.2) is 0 Å². The van der Waals surface area contributed by atoms with E-state index in [1.807, 2.05) is 0 Å². The molecule has 10 nitrogen and oxygen atoms in total. The van der Waals surface area contributed by atoms with Crippen LogP contribution in [-0.4, -0.2) is 36.0 Å². The Bertz CT molecular complexity index is 303. The van der Waals surface area contributed by atoms with Crippen molar-refractivity contribution in [3.05, 3.63) is 0 Å². The van der Waals surface area contributed by atoms with Crippen molar-refractivity contribution in [3.63, 3.8) is 0 Å². The topological polar surface area (TPSA) is 213 Å². The molecular weight excluding hydrogens is 308 g/mol. The van der Waals surface area contributed by atoms with E-state index in [1.165, 1.54) is 0 Å². The molecule has 0 aliphatic heterocycles. The number of hydrogen-bond donors (Lipinski definition) is 2. The summed E-state index contributed by atoms with van der Waals surface area (Å²) in [6, 6.07) is -2.93. The van der Waals surface area contributed by atoms with Crippen molar-refractivity contribution in [2.45, 2.75) is 24.9 Å². The maximum absolute atomic E-state index is 9.71. The number of carboxylic acid groups (broad SMARTS) is 4. The van der Waals surface area contributed by atoms with E-state index < -0.39 is 48.8 Å². The zero-order valence-corrected chi connectivity index (χ0v) is 10.4. The summed E-state index contributed by atoms with van der Waals surface area (Å²) in [7, 11) is 0. The molecule has 0 radical (unpaired) electrons. The van der Waals surface area contributed by atoms with Crippen LogP contribution in [0.15, 0.2) is 0 Å². The van der Waals surface area contributed by atoms with Crippen molar-refractivity contribution < 1.29 is 56.7 Å². The zero-order valence-electron chi connectivity index (χ0n) is 9.34. The van der Waals surface area contributed by atoms with Gasteiger partial charge in [-0.25, -0.2) is 0 Å². The Balaban J connectivity index is -0.000000256. The van der Waals surface area contributed by atoms with Crippen LogP contribution in [0.2, 0.25) is 0 Å². The van der Waals surface area contributed by atoms with Crippen molar-refractivity contribution in [3.8, 4) is 0 Å². The van der Waals surface area contributed by atoms with Gasteiger partial charge in [-0.15, -0.1) is 0 Å². The van der Waals surface area contributed by atoms with Crippen molar-refractivity contribution in [2.24, 2.45) is 11.5 Å². The monoisotopic (exact) mass is 318 g/mol. The summed E-state index contributed by atoms with van der Waals surface area (Å²) in [6.45, 7) is 0. The molecule has 108 valence electrons. The van der Waals surface area contributed by atoms with Crippen molar-refractivity contribution in [1.29, 1.82) is 0 Å². The van der Waals surface area contributed by atoms with Crippen LogP contribution in [0.25, 0.3) is 0 Å². The molecule has 4 N–H and O–H groups in total. The molecule has 19 heavy (non-hydrogen) atoms. The van der Waals surface area contributed by atoms with E-state index in [-0.39, 0.29) is 17.1 Å². The molecule has 0 rings (SSSR count). The number of hydrogen-bond acceptors (Lipinski definition) is 10. The minimum Gasteiger partial charge on any atom is -0.550 e. The first-order chi connectivity index (χ1) is 8.07. The first-order valence-corrected chi connectivity index (χ1v) is 4.40. The molecule has 0 aromatic heterocycles. The Morgan fingerprint density at radius 1 is 0.737 bits per heavy atom. The Kier molecular flexibility index (Phi) is 13.5. The van der Waals surface area contributed by atoms with E-state index >= 15 is 0 Å². The summed E-state index contributed by atoms with van der Waals surface area (Å²) in [6.07, 6.45) is -1.41. The molecule has 0 spiro atoms. The Morgan fingerprint density at radius 3 is 1.00 bits per heavy atom. The Morgan fingerprint density at radius 2 is 0.947 bits per heavy atom. The third-order valence-corrected chi connectivity index (χ3v) is 1.38. The number of carbonyl (C=O) groups is 4. The molecule has 0 aromatic carbocycles. The van der Waals surface area contributed by atoms with E-state index in [4.69, 9.17) is 11.5 Å². The standard InChI is InChI=1S/2C4H7NO4.Fe/c2*5-2(4(8)9)1-3(6)7;/h2*2H,1,5H2,(H,6,7)(H,8,9);/q;;+4/p-4/t2*2-;/m00./s1. The fraction of sp³-hybridized carbons (Fsp3) is 0.500. The molecule has 0 amide bonds. The van der Waals surface area contributed by atoms with E-state index in [0.717, 1.165) is 0 Å². The number of aliphatic carboxylic acids is 4. The third kappa shape index (κ3) is 16.3. The summed E-state index contributed by atoms with van der Waals surface area (Å²) in [5, 5.41) is 38.7. The summed E-state index contributed by atoms with van der Waals surface area (Å²) >= 11 is 0. The van der Waals surface area contributed by atoms with Gasteiger partial charge in [0.2, 0.25) is 0 Å². The van der Waals surface area contributed by atoms with E-state index in [9.17, 15) is 39.6 Å². The molecule has 0 aromatic rings. The molecule has 0 unspecified atom stereocenters. The van der Waals surface area contributed by atoms with Gasteiger partial charge < -0.3 is 51.1 Å². The molecule has 2 atom stereocenters. The minimum absolute atomic E-state index is 0. The number of nitrogens with two attached hydrogens (primary N) is 2. The van der Waals surface area contributed by atoms with Crippen LogP contribution in [0.1, 0.15) is 12.8 Å². The fourth-order valence-corrected chi connectivity index (χ4v) is 0.526. The Hall–Kier alpha value is -1.68. The van der Waals surface area contributed by atoms with Gasteiger partial charge in [0.05, 0.1) is 11.9 Å². The maximum Gasteiger partial charge on any atom is 4.00 e. The van der Waals surface area contributed by atoms with E-state index in [1.54, 1.807) is 0 Å². The molecule has 0 aliphatic carbocycles. The van der Waals surface area contributed by atoms with Crippen LogP contribution < -0.4 is 31.9 Å². The first-order valence-electron chi connectivity index (χ1n) is 4.40. The van der Waals surface area contributed by atoms with Gasteiger partial charge in [-0.05, 0) is 0 Å². The molecule has 0 fully saturated rings. The molecule has 0 aliphatic rings. The van der Waals surface area contributed by atoms with Crippen LogP contribution in [0, 0.1) is 0 Å². The van der Waals surface area contributed by atoms with Gasteiger partial charge in [-0.3, -0.25) is 0 Å². The summed E-state index contributed by atoms with van der Waals surface area (Å²) < 4.78 is 0. The zero-order chi connectivity index (χ0) is 14.9. The normalized spacial score (nSPS) is 11.9. The second kappa shape index (κ2) is 11.4. The third-order valence-electron chi connectivity index (χ3n) is 1.38. The Labute approximate surface area is 117 Å². The predicted octanol–water partition coefficient (Wildman–Crippen LogP) is -7.60. The predicted molar refractivity (Wildman–Crippen MR) is 45.2 cm³/mol. The van der Waals surface area contributed by atoms with Gasteiger partial charge in [-0.2, -0.15) is 0 Å². The fourth-order valence-electron chi connectivity index (χ4n) is 0.526. The van der Waals surface area contributed by atoms with Gasteiger partial charge in [0.1, 0.15) is 0 Å². The number of rotatable bonds is 6. The maximum atomic E-state index is 9.71. The average Bonchev–Trinajstić information content (AvgIpc) is 2.16. The van der Waals surface area contributed by atoms with Gasteiger partial charge in [0, 0.05) is 36.9 Å². The van der Waals surface area contributed by atoms with Gasteiger partial charge >= 0.3 is 17.1 Å². The van der Waals surface area contributed by atoms with Crippen LogP contribution >= 0.6 is 0 Å². The first kappa shape index (κ1) is 22.5. The molecule has 0 heterocycles. The van der Waals surface area contributed by atoms with Crippen LogP contribution in [0.5, 0.6) is 0 Å². The minimum atomic E-state index is -1.58. The second-order valence-corrected chi connectivity index (χ2v) is 3.00. The van der Waals surface area contributed by atoms with Crippen LogP contribution in [0.4, 0.5) is 0 Å². The quantitative estimate of drug-likeness (QED) is 0.441. The van der Waals surface area contributed by atoms with E-state index in [0.29, 0.717) is 0 Å². The summed E-state index contributed by atoms with van der Waals surface area (Å²) in [4.78, 5) is 38.7. The average molecular weight is 318 g/mol. The SMILES string of the molecule is N[C@@H](CC(=O)[O-])C(=O)[O-].N[C@@H](CC(=O)[O-])C(=O)[O-].[Fe+4]. The van der Waals surface area contributed by atoms with Gasteiger partial charge in [-0.1, -0.05) is 0 Å². The molecule has 0 saturated heterocycles. The van der Waals surface area contributed by atoms with Crippen LogP contribution in [0.3, 0.4) is 0 Å². The summed E-state index contributed by atoms with van der Waals surface area (Å²) in [5.74, 6) is -6.16. The van der Waals surface area contributed by atoms with E-state index in [2.05, 4.69) is 0 Å². The molecule has 0 saturated carbocycles. The summed E-state index contributed by atoms with van der Waals surface area (Å²) in [5.41, 5.74) is 9.47. The van der Waals surface area contributed by atoms with Crippen molar-refractivity contribution in [1.82, 2.24) is 0 Å². The largest absolute Gasteiger partial charge is 4.00 e. The van der Waals surface area contributed by atoms with Gasteiger partial charge in [0.25, 0.3) is 0 Å².